The first kappa shape index (κ1) is 23.9. The van der Waals surface area contributed by atoms with E-state index < -0.39 is 80.9 Å². The standard InChI is InChI=1S/C16H13F7N4O4S/c1-27-4-8(32(29,30)26-15(5-31-6-15)16(21,22)23)10(18)12(27)14(28)25-7-2-3-24-11(9(7)17)13(19)20/h2-4,13,26H,5-6H2,1H3,(H,24,25,28). The van der Waals surface area contributed by atoms with Gasteiger partial charge in [-0.1, -0.05) is 0 Å². The highest BCUT2D eigenvalue weighted by molar-refractivity contribution is 7.89. The molecule has 0 aliphatic carbocycles. The van der Waals surface area contributed by atoms with Gasteiger partial charge in [-0.2, -0.15) is 17.9 Å². The summed E-state index contributed by atoms with van der Waals surface area (Å²) in [4.78, 5) is 14.2. The number of pyridine rings is 1. The number of aryl methyl sites for hydroxylation is 1. The van der Waals surface area contributed by atoms with Gasteiger partial charge in [0.05, 0.1) is 18.9 Å². The van der Waals surface area contributed by atoms with Crippen LogP contribution in [0.1, 0.15) is 22.6 Å². The predicted molar refractivity (Wildman–Crippen MR) is 92.4 cm³/mol. The van der Waals surface area contributed by atoms with E-state index in [4.69, 9.17) is 0 Å². The molecule has 176 valence electrons. The van der Waals surface area contributed by atoms with Crippen LogP contribution in [0.4, 0.5) is 36.4 Å². The average Bonchev–Trinajstić information content (AvgIpc) is 2.94. The summed E-state index contributed by atoms with van der Waals surface area (Å²) in [6.07, 6.45) is -7.09. The fourth-order valence-electron chi connectivity index (χ4n) is 2.80. The maximum absolute atomic E-state index is 14.8. The van der Waals surface area contributed by atoms with Gasteiger partial charge in [0.1, 0.15) is 16.3 Å². The van der Waals surface area contributed by atoms with Crippen molar-refractivity contribution < 1.29 is 48.7 Å². The minimum Gasteiger partial charge on any atom is -0.377 e. The van der Waals surface area contributed by atoms with Crippen LogP contribution in [0.15, 0.2) is 23.4 Å². The lowest BCUT2D eigenvalue weighted by atomic mass is 9.99. The summed E-state index contributed by atoms with van der Waals surface area (Å²) in [7, 11) is -4.14. The molecule has 16 heteroatoms. The van der Waals surface area contributed by atoms with Gasteiger partial charge in [0, 0.05) is 19.4 Å². The number of ether oxygens (including phenoxy) is 1. The minimum absolute atomic E-state index is 0.531. The molecule has 8 nitrogen and oxygen atoms in total. The molecule has 2 aromatic heterocycles. The van der Waals surface area contributed by atoms with Gasteiger partial charge in [-0.25, -0.2) is 26.0 Å². The lowest BCUT2D eigenvalue weighted by Crippen LogP contribution is -2.70. The Bertz CT molecular complexity index is 1160. The van der Waals surface area contributed by atoms with Crippen molar-refractivity contribution in [2.24, 2.45) is 7.05 Å². The summed E-state index contributed by atoms with van der Waals surface area (Å²) in [5.41, 5.74) is -6.07. The van der Waals surface area contributed by atoms with Gasteiger partial charge < -0.3 is 14.6 Å². The fourth-order valence-corrected chi connectivity index (χ4v) is 4.29. The largest absolute Gasteiger partial charge is 0.412 e. The number of aromatic nitrogens is 2. The van der Waals surface area contributed by atoms with Crippen molar-refractivity contribution in [1.29, 1.82) is 0 Å². The van der Waals surface area contributed by atoms with Crippen LogP contribution in [0.5, 0.6) is 0 Å². The van der Waals surface area contributed by atoms with Crippen LogP contribution in [0.3, 0.4) is 0 Å². The molecular weight excluding hydrogens is 477 g/mol. The van der Waals surface area contributed by atoms with Crippen molar-refractivity contribution in [3.05, 3.63) is 41.5 Å². The van der Waals surface area contributed by atoms with Crippen LogP contribution >= 0.6 is 0 Å². The quantitative estimate of drug-likeness (QED) is 0.606. The predicted octanol–water partition coefficient (Wildman–Crippen LogP) is 2.50. The average molecular weight is 490 g/mol. The Hall–Kier alpha value is -2.72. The van der Waals surface area contributed by atoms with E-state index in [-0.39, 0.29) is 0 Å². The van der Waals surface area contributed by atoms with E-state index in [9.17, 15) is 43.9 Å². The van der Waals surface area contributed by atoms with Crippen molar-refractivity contribution >= 4 is 21.6 Å². The Kier molecular flexibility index (Phi) is 5.99. The highest BCUT2D eigenvalue weighted by atomic mass is 32.2. The van der Waals surface area contributed by atoms with Crippen LogP contribution in [-0.2, 0) is 21.8 Å². The smallest absolute Gasteiger partial charge is 0.377 e. The number of carbonyl (C=O) groups excluding carboxylic acids is 1. The fraction of sp³-hybridized carbons (Fsp3) is 0.375. The molecule has 32 heavy (non-hydrogen) atoms. The van der Waals surface area contributed by atoms with E-state index in [1.807, 2.05) is 0 Å². The minimum atomic E-state index is -5.14. The molecule has 0 unspecified atom stereocenters. The van der Waals surface area contributed by atoms with Gasteiger partial charge in [-0.3, -0.25) is 9.78 Å². The van der Waals surface area contributed by atoms with E-state index >= 15 is 0 Å². The molecule has 1 fully saturated rings. The molecule has 1 saturated heterocycles. The molecule has 3 heterocycles. The zero-order chi connectivity index (χ0) is 24.1. The Morgan fingerprint density at radius 3 is 2.38 bits per heavy atom. The normalized spacial score (nSPS) is 16.2. The molecule has 0 bridgehead atoms. The molecule has 1 aliphatic rings. The first-order valence-corrected chi connectivity index (χ1v) is 9.95. The van der Waals surface area contributed by atoms with Crippen molar-refractivity contribution in [2.75, 3.05) is 18.5 Å². The number of nitrogens with one attached hydrogen (secondary N) is 2. The second kappa shape index (κ2) is 8.00. The number of nitrogens with zero attached hydrogens (tertiary/aromatic N) is 2. The molecule has 1 aliphatic heterocycles. The Morgan fingerprint density at radius 1 is 1.25 bits per heavy atom. The number of hydrogen-bond donors (Lipinski definition) is 2. The Balaban J connectivity index is 1.93. The van der Waals surface area contributed by atoms with E-state index in [2.05, 4.69) is 9.72 Å². The van der Waals surface area contributed by atoms with Crippen LogP contribution in [-0.4, -0.2) is 48.8 Å². The zero-order valence-corrected chi connectivity index (χ0v) is 16.6. The molecule has 0 aromatic carbocycles. The van der Waals surface area contributed by atoms with E-state index in [0.717, 1.165) is 19.3 Å². The van der Waals surface area contributed by atoms with Crippen molar-refractivity contribution in [2.45, 2.75) is 23.0 Å². The summed E-state index contributed by atoms with van der Waals surface area (Å²) in [5, 5.41) is 1.80. The van der Waals surface area contributed by atoms with E-state index in [1.165, 1.54) is 4.72 Å². The maximum Gasteiger partial charge on any atom is 0.412 e. The van der Waals surface area contributed by atoms with Crippen LogP contribution in [0, 0.1) is 11.6 Å². The maximum atomic E-state index is 14.8. The molecule has 3 rings (SSSR count). The number of hydrogen-bond acceptors (Lipinski definition) is 5. The monoisotopic (exact) mass is 490 g/mol. The number of anilines is 1. The molecular formula is C16H13F7N4O4S. The molecule has 0 radical (unpaired) electrons. The molecule has 2 aromatic rings. The third-order valence-corrected chi connectivity index (χ3v) is 6.06. The van der Waals surface area contributed by atoms with Gasteiger partial charge in [0.25, 0.3) is 12.3 Å². The number of sulfonamides is 1. The highest BCUT2D eigenvalue weighted by Gasteiger charge is 2.62. The van der Waals surface area contributed by atoms with Crippen LogP contribution < -0.4 is 10.0 Å². The summed E-state index contributed by atoms with van der Waals surface area (Å²) in [6, 6.07) is 0.794. The summed E-state index contributed by atoms with van der Waals surface area (Å²) in [5.74, 6) is -4.79. The first-order valence-electron chi connectivity index (χ1n) is 8.47. The van der Waals surface area contributed by atoms with Gasteiger partial charge in [-0.15, -0.1) is 0 Å². The SMILES string of the molecule is Cn1cc(S(=O)(=O)NC2(C(F)(F)F)COC2)c(F)c1C(=O)Nc1ccnc(C(F)F)c1F. The van der Waals surface area contributed by atoms with Gasteiger partial charge in [0.2, 0.25) is 10.0 Å². The van der Waals surface area contributed by atoms with Gasteiger partial charge in [0.15, 0.2) is 17.2 Å². The molecule has 0 spiro atoms. The van der Waals surface area contributed by atoms with Crippen LogP contribution in [0.2, 0.25) is 0 Å². The molecule has 0 saturated carbocycles. The second-order valence-corrected chi connectivity index (χ2v) is 8.41. The Morgan fingerprint density at radius 2 is 1.88 bits per heavy atom. The zero-order valence-electron chi connectivity index (χ0n) is 15.8. The number of rotatable bonds is 6. The van der Waals surface area contributed by atoms with E-state index in [0.29, 0.717) is 10.8 Å². The number of carbonyl (C=O) groups is 1. The van der Waals surface area contributed by atoms with Crippen LogP contribution in [0.25, 0.3) is 0 Å². The Labute approximate surface area is 175 Å². The van der Waals surface area contributed by atoms with E-state index in [1.54, 1.807) is 5.32 Å². The summed E-state index contributed by atoms with van der Waals surface area (Å²) < 4.78 is 125. The molecule has 0 atom stereocenters. The van der Waals surface area contributed by atoms with Gasteiger partial charge in [-0.05, 0) is 6.07 Å². The second-order valence-electron chi connectivity index (χ2n) is 6.76. The van der Waals surface area contributed by atoms with Crippen molar-refractivity contribution in [1.82, 2.24) is 14.3 Å². The summed E-state index contributed by atoms with van der Waals surface area (Å²) >= 11 is 0. The number of alkyl halides is 5. The topological polar surface area (TPSA) is 102 Å². The number of amides is 1. The highest BCUT2D eigenvalue weighted by Crippen LogP contribution is 2.38. The third kappa shape index (κ3) is 4.04. The molecule has 2 N–H and O–H groups in total. The molecule has 1 amide bonds. The number of halogens is 7. The summed E-state index contributed by atoms with van der Waals surface area (Å²) in [6.45, 7) is -2.07. The third-order valence-electron chi connectivity index (χ3n) is 4.53. The first-order chi connectivity index (χ1) is 14.7. The lowest BCUT2D eigenvalue weighted by molar-refractivity contribution is -0.260. The van der Waals surface area contributed by atoms with Crippen molar-refractivity contribution in [3.63, 3.8) is 0 Å². The van der Waals surface area contributed by atoms with Crippen molar-refractivity contribution in [3.8, 4) is 0 Å². The van der Waals surface area contributed by atoms with Gasteiger partial charge >= 0.3 is 6.18 Å². The lowest BCUT2D eigenvalue weighted by Gasteiger charge is -2.42.